The Hall–Kier alpha value is -2.03. The van der Waals surface area contributed by atoms with Crippen LogP contribution in [0.15, 0.2) is 42.5 Å². The number of nitrogens with one attached hydrogen (secondary N) is 1. The SMILES string of the molecule is CCC(C)c1ccc(NC(C)c2ccc(F)cc2O)cc1. The van der Waals surface area contributed by atoms with Gasteiger partial charge in [-0.3, -0.25) is 0 Å². The third-order valence-electron chi connectivity index (χ3n) is 3.93. The van der Waals surface area contributed by atoms with Gasteiger partial charge in [-0.15, -0.1) is 0 Å². The highest BCUT2D eigenvalue weighted by Gasteiger charge is 2.11. The van der Waals surface area contributed by atoms with Crippen LogP contribution in [0.2, 0.25) is 0 Å². The van der Waals surface area contributed by atoms with Crippen molar-refractivity contribution in [3.05, 3.63) is 59.4 Å². The highest BCUT2D eigenvalue weighted by molar-refractivity contribution is 5.48. The summed E-state index contributed by atoms with van der Waals surface area (Å²) < 4.78 is 13.0. The van der Waals surface area contributed by atoms with E-state index in [0.717, 1.165) is 18.2 Å². The number of hydrogen-bond acceptors (Lipinski definition) is 2. The number of benzene rings is 2. The second-order valence-electron chi connectivity index (χ2n) is 5.50. The average Bonchev–Trinajstić information content (AvgIpc) is 2.47. The molecular formula is C18H22FNO. The van der Waals surface area contributed by atoms with Gasteiger partial charge < -0.3 is 10.4 Å². The maximum absolute atomic E-state index is 13.0. The van der Waals surface area contributed by atoms with E-state index < -0.39 is 5.82 Å². The van der Waals surface area contributed by atoms with Crippen molar-refractivity contribution in [3.63, 3.8) is 0 Å². The molecule has 0 saturated carbocycles. The Balaban J connectivity index is 2.10. The number of hydrogen-bond donors (Lipinski definition) is 2. The zero-order valence-corrected chi connectivity index (χ0v) is 12.7. The quantitative estimate of drug-likeness (QED) is 0.790. The molecule has 0 aliphatic rings. The van der Waals surface area contributed by atoms with Gasteiger partial charge in [-0.25, -0.2) is 4.39 Å². The smallest absolute Gasteiger partial charge is 0.126 e. The maximum Gasteiger partial charge on any atom is 0.126 e. The third-order valence-corrected chi connectivity index (χ3v) is 3.93. The molecule has 21 heavy (non-hydrogen) atoms. The molecule has 0 heterocycles. The van der Waals surface area contributed by atoms with Crippen molar-refractivity contribution in [2.45, 2.75) is 39.2 Å². The van der Waals surface area contributed by atoms with E-state index >= 15 is 0 Å². The van der Waals surface area contributed by atoms with Crippen LogP contribution in [0.5, 0.6) is 5.75 Å². The molecule has 0 amide bonds. The first-order chi connectivity index (χ1) is 10.0. The fourth-order valence-electron chi connectivity index (χ4n) is 2.35. The minimum Gasteiger partial charge on any atom is -0.507 e. The summed E-state index contributed by atoms with van der Waals surface area (Å²) >= 11 is 0. The van der Waals surface area contributed by atoms with Gasteiger partial charge in [-0.2, -0.15) is 0 Å². The van der Waals surface area contributed by atoms with E-state index in [1.807, 2.05) is 19.1 Å². The topological polar surface area (TPSA) is 32.3 Å². The molecule has 0 spiro atoms. The number of rotatable bonds is 5. The highest BCUT2D eigenvalue weighted by Crippen LogP contribution is 2.28. The van der Waals surface area contributed by atoms with Crippen LogP contribution < -0.4 is 5.32 Å². The predicted molar refractivity (Wildman–Crippen MR) is 85.3 cm³/mol. The first-order valence-electron chi connectivity index (χ1n) is 7.36. The predicted octanol–water partition coefficient (Wildman–Crippen LogP) is 5.22. The molecule has 2 rings (SSSR count). The van der Waals surface area contributed by atoms with E-state index in [4.69, 9.17) is 0 Å². The molecule has 0 fully saturated rings. The number of anilines is 1. The summed E-state index contributed by atoms with van der Waals surface area (Å²) in [5, 5.41) is 13.1. The molecule has 2 unspecified atom stereocenters. The number of phenolic OH excluding ortho intramolecular Hbond substituents is 1. The van der Waals surface area contributed by atoms with E-state index in [-0.39, 0.29) is 11.8 Å². The van der Waals surface area contributed by atoms with Gasteiger partial charge in [0.05, 0.1) is 6.04 Å². The fraction of sp³-hybridized carbons (Fsp3) is 0.333. The monoisotopic (exact) mass is 287 g/mol. The van der Waals surface area contributed by atoms with Gasteiger partial charge in [-0.05, 0) is 43.0 Å². The lowest BCUT2D eigenvalue weighted by Crippen LogP contribution is -2.07. The largest absolute Gasteiger partial charge is 0.507 e. The normalized spacial score (nSPS) is 13.7. The molecule has 2 N–H and O–H groups in total. The Kier molecular flexibility index (Phi) is 4.84. The molecule has 2 aromatic rings. The number of aromatic hydroxyl groups is 1. The first kappa shape index (κ1) is 15.4. The molecule has 112 valence electrons. The lowest BCUT2D eigenvalue weighted by Gasteiger charge is -2.18. The van der Waals surface area contributed by atoms with Crippen molar-refractivity contribution >= 4 is 5.69 Å². The van der Waals surface area contributed by atoms with Gasteiger partial charge in [-0.1, -0.05) is 32.0 Å². The van der Waals surface area contributed by atoms with Crippen LogP contribution in [0.1, 0.15) is 50.3 Å². The molecule has 0 aliphatic heterocycles. The van der Waals surface area contributed by atoms with Crippen LogP contribution >= 0.6 is 0 Å². The summed E-state index contributed by atoms with van der Waals surface area (Å²) in [7, 11) is 0. The lowest BCUT2D eigenvalue weighted by molar-refractivity contribution is 0.459. The highest BCUT2D eigenvalue weighted by atomic mass is 19.1. The molecular weight excluding hydrogens is 265 g/mol. The lowest BCUT2D eigenvalue weighted by atomic mass is 9.98. The molecule has 2 atom stereocenters. The Morgan fingerprint density at radius 1 is 1.10 bits per heavy atom. The average molecular weight is 287 g/mol. The molecule has 0 saturated heterocycles. The molecule has 0 aromatic heterocycles. The van der Waals surface area contributed by atoms with Crippen molar-refractivity contribution in [2.75, 3.05) is 5.32 Å². The Morgan fingerprint density at radius 2 is 1.76 bits per heavy atom. The standard InChI is InChI=1S/C18H22FNO/c1-4-12(2)14-5-8-16(9-6-14)20-13(3)17-10-7-15(19)11-18(17)21/h5-13,20-21H,4H2,1-3H3. The van der Waals surface area contributed by atoms with Crippen LogP contribution in [-0.4, -0.2) is 5.11 Å². The summed E-state index contributed by atoms with van der Waals surface area (Å²) in [4.78, 5) is 0. The third kappa shape index (κ3) is 3.75. The van der Waals surface area contributed by atoms with E-state index in [1.165, 1.54) is 11.6 Å². The molecule has 3 heteroatoms. The van der Waals surface area contributed by atoms with Crippen molar-refractivity contribution in [1.82, 2.24) is 0 Å². The van der Waals surface area contributed by atoms with Crippen LogP contribution in [-0.2, 0) is 0 Å². The van der Waals surface area contributed by atoms with Gasteiger partial charge in [0.25, 0.3) is 0 Å². The first-order valence-corrected chi connectivity index (χ1v) is 7.36. The van der Waals surface area contributed by atoms with Crippen molar-refractivity contribution in [3.8, 4) is 5.75 Å². The minimum absolute atomic E-state index is 0.0220. The van der Waals surface area contributed by atoms with Crippen LogP contribution in [0.3, 0.4) is 0 Å². The maximum atomic E-state index is 13.0. The molecule has 0 aliphatic carbocycles. The van der Waals surface area contributed by atoms with Gasteiger partial charge in [0.2, 0.25) is 0 Å². The fourth-order valence-corrected chi connectivity index (χ4v) is 2.35. The minimum atomic E-state index is -0.429. The van der Waals surface area contributed by atoms with Gasteiger partial charge in [0.1, 0.15) is 11.6 Å². The molecule has 0 radical (unpaired) electrons. The van der Waals surface area contributed by atoms with Crippen molar-refractivity contribution in [1.29, 1.82) is 0 Å². The zero-order valence-electron chi connectivity index (χ0n) is 12.7. The molecule has 2 nitrogen and oxygen atoms in total. The van der Waals surface area contributed by atoms with Crippen LogP contribution in [0.25, 0.3) is 0 Å². The summed E-state index contributed by atoms with van der Waals surface area (Å²) in [6.07, 6.45) is 1.12. The number of phenols is 1. The van der Waals surface area contributed by atoms with E-state index in [2.05, 4.69) is 31.3 Å². The molecule has 2 aromatic carbocycles. The zero-order chi connectivity index (χ0) is 15.4. The number of halogens is 1. The van der Waals surface area contributed by atoms with E-state index in [1.54, 1.807) is 6.07 Å². The van der Waals surface area contributed by atoms with Crippen LogP contribution in [0.4, 0.5) is 10.1 Å². The van der Waals surface area contributed by atoms with Gasteiger partial charge in [0.15, 0.2) is 0 Å². The van der Waals surface area contributed by atoms with Crippen LogP contribution in [0, 0.1) is 5.82 Å². The van der Waals surface area contributed by atoms with Crippen molar-refractivity contribution in [2.24, 2.45) is 0 Å². The Labute approximate surface area is 125 Å². The second kappa shape index (κ2) is 6.61. The summed E-state index contributed by atoms with van der Waals surface area (Å²) in [6, 6.07) is 12.3. The summed E-state index contributed by atoms with van der Waals surface area (Å²) in [6.45, 7) is 6.33. The van der Waals surface area contributed by atoms with Gasteiger partial charge >= 0.3 is 0 Å². The van der Waals surface area contributed by atoms with Crippen molar-refractivity contribution < 1.29 is 9.50 Å². The summed E-state index contributed by atoms with van der Waals surface area (Å²) in [5.41, 5.74) is 2.99. The molecule has 0 bridgehead atoms. The van der Waals surface area contributed by atoms with E-state index in [9.17, 15) is 9.50 Å². The Bertz CT molecular complexity index is 595. The van der Waals surface area contributed by atoms with E-state index in [0.29, 0.717) is 11.5 Å². The Morgan fingerprint density at radius 3 is 2.33 bits per heavy atom. The van der Waals surface area contributed by atoms with Gasteiger partial charge in [0, 0.05) is 17.3 Å². The summed E-state index contributed by atoms with van der Waals surface area (Å²) in [5.74, 6) is 0.102. The second-order valence-corrected chi connectivity index (χ2v) is 5.50.